The Labute approximate surface area is 208 Å². The van der Waals surface area contributed by atoms with E-state index in [-0.39, 0.29) is 17.4 Å². The Morgan fingerprint density at radius 2 is 1.57 bits per heavy atom. The van der Waals surface area contributed by atoms with Crippen LogP contribution in [-0.2, 0) is 11.3 Å². The van der Waals surface area contributed by atoms with E-state index in [0.29, 0.717) is 6.42 Å². The highest BCUT2D eigenvalue weighted by atomic mass is 16.5. The smallest absolute Gasteiger partial charge is 0.220 e. The van der Waals surface area contributed by atoms with Crippen LogP contribution >= 0.6 is 0 Å². The van der Waals surface area contributed by atoms with Crippen LogP contribution in [0.4, 0.5) is 0 Å². The summed E-state index contributed by atoms with van der Waals surface area (Å²) in [4.78, 5) is 15.3. The van der Waals surface area contributed by atoms with Gasteiger partial charge in [-0.2, -0.15) is 0 Å². The van der Waals surface area contributed by atoms with Crippen LogP contribution in [0.25, 0.3) is 11.1 Å². The van der Waals surface area contributed by atoms with Crippen molar-refractivity contribution in [1.29, 1.82) is 0 Å². The third-order valence-corrected chi connectivity index (χ3v) is 7.60. The average molecular weight is 471 g/mol. The number of hydrogen-bond donors (Lipinski definition) is 1. The molecule has 5 heteroatoms. The maximum absolute atomic E-state index is 12.8. The Morgan fingerprint density at radius 3 is 2.37 bits per heavy atom. The van der Waals surface area contributed by atoms with E-state index in [1.807, 2.05) is 24.3 Å². The van der Waals surface area contributed by atoms with Crippen LogP contribution in [0, 0.1) is 0 Å². The van der Waals surface area contributed by atoms with Crippen LogP contribution in [0.15, 0.2) is 72.8 Å². The number of nitrogens with zero attached hydrogens (tertiary/aromatic N) is 1. The zero-order valence-corrected chi connectivity index (χ0v) is 20.6. The molecule has 0 aliphatic carbocycles. The Bertz CT molecular complexity index is 1190. The summed E-state index contributed by atoms with van der Waals surface area (Å²) in [6, 6.07) is 25.0. The van der Waals surface area contributed by atoms with Gasteiger partial charge in [-0.15, -0.1) is 0 Å². The molecule has 0 radical (unpaired) electrons. The molecule has 35 heavy (non-hydrogen) atoms. The number of ether oxygens (including phenoxy) is 2. The molecule has 2 aliphatic heterocycles. The number of carbonyl (C=O) groups excluding carboxylic acids is 1. The summed E-state index contributed by atoms with van der Waals surface area (Å²) in [6.45, 7) is 2.49. The van der Waals surface area contributed by atoms with Crippen LogP contribution in [0.5, 0.6) is 11.5 Å². The SMILES string of the molecule is COc1ccccc1-c1ccccc1CN1C[C@@H](c2ccccc2OC)[C@@]2(CCCCC(=O)N2)C1. The Morgan fingerprint density at radius 1 is 0.886 bits per heavy atom. The van der Waals surface area contributed by atoms with E-state index in [1.165, 1.54) is 16.7 Å². The third kappa shape index (κ3) is 4.65. The second-order valence-corrected chi connectivity index (χ2v) is 9.73. The average Bonchev–Trinajstić information content (AvgIpc) is 3.11. The van der Waals surface area contributed by atoms with Crippen molar-refractivity contribution in [1.82, 2.24) is 10.2 Å². The molecule has 0 saturated carbocycles. The molecule has 0 bridgehead atoms. The van der Waals surface area contributed by atoms with Gasteiger partial charge in [0.2, 0.25) is 5.91 Å². The lowest BCUT2D eigenvalue weighted by atomic mass is 9.78. The molecule has 5 nitrogen and oxygen atoms in total. The molecule has 3 aromatic rings. The number of rotatable bonds is 6. The van der Waals surface area contributed by atoms with Crippen LogP contribution in [0.3, 0.4) is 0 Å². The normalized spacial score (nSPS) is 22.6. The van der Waals surface area contributed by atoms with Crippen molar-refractivity contribution in [2.75, 3.05) is 27.3 Å². The zero-order valence-electron chi connectivity index (χ0n) is 20.6. The number of para-hydroxylation sites is 2. The molecule has 2 fully saturated rings. The van der Waals surface area contributed by atoms with Gasteiger partial charge >= 0.3 is 0 Å². The van der Waals surface area contributed by atoms with Crippen molar-refractivity contribution < 1.29 is 14.3 Å². The van der Waals surface area contributed by atoms with Crippen molar-refractivity contribution >= 4 is 5.91 Å². The molecule has 1 N–H and O–H groups in total. The van der Waals surface area contributed by atoms with Gasteiger partial charge in [0.1, 0.15) is 11.5 Å². The molecule has 0 aromatic heterocycles. The summed E-state index contributed by atoms with van der Waals surface area (Å²) in [5.41, 5.74) is 4.43. The minimum Gasteiger partial charge on any atom is -0.496 e. The first-order valence-corrected chi connectivity index (χ1v) is 12.5. The van der Waals surface area contributed by atoms with E-state index < -0.39 is 0 Å². The van der Waals surface area contributed by atoms with Gasteiger partial charge in [0, 0.05) is 43.1 Å². The van der Waals surface area contributed by atoms with Crippen molar-refractivity contribution in [2.45, 2.75) is 43.7 Å². The second-order valence-electron chi connectivity index (χ2n) is 9.73. The van der Waals surface area contributed by atoms with Gasteiger partial charge < -0.3 is 14.8 Å². The lowest BCUT2D eigenvalue weighted by Gasteiger charge is -2.35. The Kier molecular flexibility index (Phi) is 6.78. The minimum absolute atomic E-state index is 0.165. The minimum atomic E-state index is -0.290. The summed E-state index contributed by atoms with van der Waals surface area (Å²) in [6.07, 6.45) is 3.59. The standard InChI is InChI=1S/C30H34N2O3/c1-34-27-15-7-5-13-24(27)23-12-4-3-11-22(23)19-32-20-26(25-14-6-8-16-28(25)35-2)30(21-32)18-10-9-17-29(33)31-30/h3-8,11-16,26H,9-10,17-21H2,1-2H3,(H,31,33)/t26-,30+/m0/s1. The summed E-state index contributed by atoms with van der Waals surface area (Å²) in [7, 11) is 3.45. The first-order chi connectivity index (χ1) is 17.1. The molecule has 0 unspecified atom stereocenters. The predicted octanol–water partition coefficient (Wildman–Crippen LogP) is 5.40. The molecule has 2 atom stereocenters. The van der Waals surface area contributed by atoms with Crippen molar-refractivity contribution in [3.8, 4) is 22.6 Å². The fraction of sp³-hybridized carbons (Fsp3) is 0.367. The first-order valence-electron chi connectivity index (χ1n) is 12.5. The molecule has 2 saturated heterocycles. The monoisotopic (exact) mass is 470 g/mol. The Balaban J connectivity index is 1.50. The quantitative estimate of drug-likeness (QED) is 0.524. The molecular weight excluding hydrogens is 436 g/mol. The number of nitrogens with one attached hydrogen (secondary N) is 1. The second kappa shape index (κ2) is 10.1. The van der Waals surface area contributed by atoms with Crippen molar-refractivity contribution in [3.63, 3.8) is 0 Å². The van der Waals surface area contributed by atoms with E-state index in [4.69, 9.17) is 9.47 Å². The summed E-state index contributed by atoms with van der Waals surface area (Å²) >= 11 is 0. The highest BCUT2D eigenvalue weighted by Gasteiger charge is 2.49. The lowest BCUT2D eigenvalue weighted by Crippen LogP contribution is -2.52. The van der Waals surface area contributed by atoms with Gasteiger partial charge in [0.05, 0.1) is 19.8 Å². The fourth-order valence-corrected chi connectivity index (χ4v) is 6.02. The van der Waals surface area contributed by atoms with E-state index in [9.17, 15) is 4.79 Å². The maximum atomic E-state index is 12.8. The summed E-state index contributed by atoms with van der Waals surface area (Å²) in [5, 5.41) is 3.48. The molecule has 3 aromatic carbocycles. The van der Waals surface area contributed by atoms with Gasteiger partial charge in [-0.3, -0.25) is 9.69 Å². The molecular formula is C30H34N2O3. The molecule has 2 heterocycles. The van der Waals surface area contributed by atoms with Crippen LogP contribution < -0.4 is 14.8 Å². The van der Waals surface area contributed by atoms with E-state index >= 15 is 0 Å². The largest absolute Gasteiger partial charge is 0.496 e. The number of methoxy groups -OCH3 is 2. The molecule has 1 spiro atoms. The lowest BCUT2D eigenvalue weighted by molar-refractivity contribution is -0.122. The van der Waals surface area contributed by atoms with Gasteiger partial charge in [0.15, 0.2) is 0 Å². The highest BCUT2D eigenvalue weighted by Crippen LogP contribution is 2.44. The van der Waals surface area contributed by atoms with Crippen LogP contribution in [0.1, 0.15) is 42.7 Å². The highest BCUT2D eigenvalue weighted by molar-refractivity contribution is 5.77. The van der Waals surface area contributed by atoms with E-state index in [0.717, 1.165) is 56.0 Å². The summed E-state index contributed by atoms with van der Waals surface area (Å²) < 4.78 is 11.4. The molecule has 2 aliphatic rings. The topological polar surface area (TPSA) is 50.8 Å². The van der Waals surface area contributed by atoms with Crippen LogP contribution in [0.2, 0.25) is 0 Å². The van der Waals surface area contributed by atoms with Gasteiger partial charge in [-0.05, 0) is 36.1 Å². The maximum Gasteiger partial charge on any atom is 0.220 e. The third-order valence-electron chi connectivity index (χ3n) is 7.60. The predicted molar refractivity (Wildman–Crippen MR) is 139 cm³/mol. The fourth-order valence-electron chi connectivity index (χ4n) is 6.02. The van der Waals surface area contributed by atoms with Gasteiger partial charge in [-0.1, -0.05) is 67.1 Å². The van der Waals surface area contributed by atoms with Crippen molar-refractivity contribution in [3.05, 3.63) is 83.9 Å². The molecule has 1 amide bonds. The van der Waals surface area contributed by atoms with Crippen LogP contribution in [-0.4, -0.2) is 43.7 Å². The van der Waals surface area contributed by atoms with Gasteiger partial charge in [-0.25, -0.2) is 0 Å². The Hall–Kier alpha value is -3.31. The number of hydrogen-bond acceptors (Lipinski definition) is 4. The summed E-state index contributed by atoms with van der Waals surface area (Å²) in [5.74, 6) is 2.10. The first kappa shape index (κ1) is 23.4. The number of carbonyl (C=O) groups is 1. The van der Waals surface area contributed by atoms with E-state index in [2.05, 4.69) is 58.7 Å². The van der Waals surface area contributed by atoms with Crippen molar-refractivity contribution in [2.24, 2.45) is 0 Å². The molecule has 182 valence electrons. The van der Waals surface area contributed by atoms with E-state index in [1.54, 1.807) is 14.2 Å². The zero-order chi connectivity index (χ0) is 24.3. The number of benzene rings is 3. The molecule has 5 rings (SSSR count). The number of likely N-dealkylation sites (tertiary alicyclic amines) is 1. The van der Waals surface area contributed by atoms with Gasteiger partial charge in [0.25, 0.3) is 0 Å². The number of amides is 1.